The van der Waals surface area contributed by atoms with Crippen LogP contribution in [0.4, 0.5) is 0 Å². The Labute approximate surface area is 181 Å². The monoisotopic (exact) mass is 425 g/mol. The molecule has 2 aromatic carbocycles. The van der Waals surface area contributed by atoms with Crippen LogP contribution in [0.2, 0.25) is 0 Å². The molecule has 0 amide bonds. The summed E-state index contributed by atoms with van der Waals surface area (Å²) in [5, 5.41) is 9.32. The van der Waals surface area contributed by atoms with Gasteiger partial charge in [-0.3, -0.25) is 0 Å². The lowest BCUT2D eigenvalue weighted by Crippen LogP contribution is -2.26. The molecule has 0 aliphatic rings. The number of benzene rings is 2. The number of hydrogen-bond acceptors (Lipinski definition) is 6. The molecule has 3 aromatic rings. The van der Waals surface area contributed by atoms with Gasteiger partial charge < -0.3 is 23.7 Å². The fourth-order valence-electron chi connectivity index (χ4n) is 3.22. The van der Waals surface area contributed by atoms with Crippen LogP contribution in [-0.4, -0.2) is 42.5 Å². The van der Waals surface area contributed by atoms with E-state index in [-0.39, 0.29) is 6.42 Å². The van der Waals surface area contributed by atoms with Crippen LogP contribution in [0, 0.1) is 6.92 Å². The molecular formula is C24H27NO6. The van der Waals surface area contributed by atoms with Crippen molar-refractivity contribution in [2.75, 3.05) is 20.3 Å². The third-order valence-electron chi connectivity index (χ3n) is 4.80. The minimum absolute atomic E-state index is 0.242. The predicted octanol–water partition coefficient (Wildman–Crippen LogP) is 4.31. The summed E-state index contributed by atoms with van der Waals surface area (Å²) >= 11 is 0. The maximum Gasteiger partial charge on any atom is 0.333 e. The first kappa shape index (κ1) is 22.4. The van der Waals surface area contributed by atoms with Crippen molar-refractivity contribution >= 4 is 5.97 Å². The Morgan fingerprint density at radius 1 is 1.16 bits per heavy atom. The first-order valence-corrected chi connectivity index (χ1v) is 10.2. The second kappa shape index (κ2) is 10.6. The van der Waals surface area contributed by atoms with Crippen LogP contribution in [-0.2, 0) is 22.4 Å². The molecule has 0 saturated heterocycles. The Kier molecular flexibility index (Phi) is 7.67. The van der Waals surface area contributed by atoms with Crippen LogP contribution in [0.5, 0.6) is 11.5 Å². The lowest BCUT2D eigenvalue weighted by atomic mass is 10.1. The second-order valence-electron chi connectivity index (χ2n) is 6.96. The van der Waals surface area contributed by atoms with E-state index in [1.54, 1.807) is 26.2 Å². The van der Waals surface area contributed by atoms with Crippen molar-refractivity contribution in [2.24, 2.45) is 0 Å². The first-order valence-electron chi connectivity index (χ1n) is 10.2. The molecule has 0 fully saturated rings. The van der Waals surface area contributed by atoms with Gasteiger partial charge in [-0.15, -0.1) is 0 Å². The summed E-state index contributed by atoms with van der Waals surface area (Å²) in [5.74, 6) is 1.47. The number of methoxy groups -OCH3 is 1. The Balaban J connectivity index is 1.67. The molecule has 0 saturated carbocycles. The summed E-state index contributed by atoms with van der Waals surface area (Å²) in [7, 11) is 1.57. The van der Waals surface area contributed by atoms with Gasteiger partial charge in [0.15, 0.2) is 17.6 Å². The van der Waals surface area contributed by atoms with Gasteiger partial charge in [0.1, 0.15) is 5.76 Å². The van der Waals surface area contributed by atoms with Crippen molar-refractivity contribution in [1.82, 2.24) is 4.98 Å². The van der Waals surface area contributed by atoms with Gasteiger partial charge in [-0.1, -0.05) is 24.3 Å². The number of carboxylic acids is 1. The number of carboxylic acid groups (broad SMARTS) is 1. The number of aliphatic carboxylic acids is 1. The number of oxazole rings is 1. The standard InChI is InChI=1S/C24H27NO6/c1-4-29-22(24(26)27)15-17-10-11-20(28-3)21(14-17)30-13-12-19-16(2)31-23(25-19)18-8-6-5-7-9-18/h5-11,14,22H,4,12-13,15H2,1-3H3,(H,26,27). The molecule has 0 aliphatic carbocycles. The SMILES string of the molecule is CCOC(Cc1ccc(OC)c(OCCc2nc(-c3ccccc3)oc2C)c1)C(=O)O. The van der Waals surface area contributed by atoms with Gasteiger partial charge in [0, 0.05) is 25.0 Å². The first-order chi connectivity index (χ1) is 15.0. The van der Waals surface area contributed by atoms with E-state index in [1.165, 1.54) is 0 Å². The van der Waals surface area contributed by atoms with Crippen LogP contribution in [0.3, 0.4) is 0 Å². The van der Waals surface area contributed by atoms with Crippen molar-refractivity contribution in [3.63, 3.8) is 0 Å². The summed E-state index contributed by atoms with van der Waals surface area (Å²) in [6, 6.07) is 15.1. The molecule has 31 heavy (non-hydrogen) atoms. The third kappa shape index (κ3) is 5.86. The van der Waals surface area contributed by atoms with E-state index in [2.05, 4.69) is 4.98 Å². The minimum atomic E-state index is -0.990. The molecule has 1 atom stereocenters. The summed E-state index contributed by atoms with van der Waals surface area (Å²) in [5.41, 5.74) is 2.55. The van der Waals surface area contributed by atoms with Crippen LogP contribution < -0.4 is 9.47 Å². The Morgan fingerprint density at radius 2 is 1.94 bits per heavy atom. The lowest BCUT2D eigenvalue weighted by Gasteiger charge is -2.15. The van der Waals surface area contributed by atoms with Crippen LogP contribution in [0.15, 0.2) is 52.9 Å². The average molecular weight is 425 g/mol. The highest BCUT2D eigenvalue weighted by Crippen LogP contribution is 2.29. The lowest BCUT2D eigenvalue weighted by molar-refractivity contribution is -0.149. The maximum absolute atomic E-state index is 11.4. The molecular weight excluding hydrogens is 398 g/mol. The zero-order valence-corrected chi connectivity index (χ0v) is 18.0. The predicted molar refractivity (Wildman–Crippen MR) is 116 cm³/mol. The number of aromatic nitrogens is 1. The number of carbonyl (C=O) groups is 1. The van der Waals surface area contributed by atoms with Crippen LogP contribution in [0.25, 0.3) is 11.5 Å². The van der Waals surface area contributed by atoms with E-state index in [0.29, 0.717) is 37.0 Å². The smallest absolute Gasteiger partial charge is 0.333 e. The Bertz CT molecular complexity index is 999. The molecule has 1 N–H and O–H groups in total. The summed E-state index contributed by atoms with van der Waals surface area (Å²) < 4.78 is 22.4. The fourth-order valence-corrected chi connectivity index (χ4v) is 3.22. The van der Waals surface area contributed by atoms with Gasteiger partial charge in [-0.25, -0.2) is 9.78 Å². The average Bonchev–Trinajstić information content (AvgIpc) is 3.15. The molecule has 0 spiro atoms. The maximum atomic E-state index is 11.4. The van der Waals surface area contributed by atoms with Crippen molar-refractivity contribution in [3.05, 3.63) is 65.5 Å². The molecule has 0 aliphatic heterocycles. The van der Waals surface area contributed by atoms with Crippen LogP contribution >= 0.6 is 0 Å². The highest BCUT2D eigenvalue weighted by atomic mass is 16.5. The molecule has 0 bridgehead atoms. The van der Waals surface area contributed by atoms with Gasteiger partial charge in [-0.05, 0) is 43.7 Å². The van der Waals surface area contributed by atoms with Crippen molar-refractivity contribution in [1.29, 1.82) is 0 Å². The minimum Gasteiger partial charge on any atom is -0.493 e. The molecule has 0 radical (unpaired) electrons. The number of aryl methyl sites for hydroxylation is 1. The van der Waals surface area contributed by atoms with Crippen molar-refractivity contribution in [2.45, 2.75) is 32.8 Å². The summed E-state index contributed by atoms with van der Waals surface area (Å²) in [6.45, 7) is 4.36. The van der Waals surface area contributed by atoms with Crippen LogP contribution in [0.1, 0.15) is 23.9 Å². The van der Waals surface area contributed by atoms with Gasteiger partial charge in [0.05, 0.1) is 19.4 Å². The molecule has 1 unspecified atom stereocenters. The quantitative estimate of drug-likeness (QED) is 0.489. The van der Waals surface area contributed by atoms with Gasteiger partial charge in [0.2, 0.25) is 5.89 Å². The van der Waals surface area contributed by atoms with Crippen molar-refractivity contribution < 1.29 is 28.5 Å². The normalized spacial score (nSPS) is 11.8. The highest BCUT2D eigenvalue weighted by molar-refractivity contribution is 5.72. The van der Waals surface area contributed by atoms with E-state index in [9.17, 15) is 9.90 Å². The third-order valence-corrected chi connectivity index (χ3v) is 4.80. The molecule has 7 nitrogen and oxygen atoms in total. The number of hydrogen-bond donors (Lipinski definition) is 1. The van der Waals surface area contributed by atoms with Gasteiger partial charge >= 0.3 is 5.97 Å². The molecule has 7 heteroatoms. The van der Waals surface area contributed by atoms with E-state index in [1.807, 2.05) is 43.3 Å². The van der Waals surface area contributed by atoms with Gasteiger partial charge in [0.25, 0.3) is 0 Å². The highest BCUT2D eigenvalue weighted by Gasteiger charge is 2.19. The topological polar surface area (TPSA) is 91.0 Å². The van der Waals surface area contributed by atoms with Crippen molar-refractivity contribution in [3.8, 4) is 23.0 Å². The Morgan fingerprint density at radius 3 is 2.61 bits per heavy atom. The van der Waals surface area contributed by atoms with E-state index >= 15 is 0 Å². The molecule has 1 heterocycles. The Hall–Kier alpha value is -3.32. The summed E-state index contributed by atoms with van der Waals surface area (Å²) in [6.07, 6.45) is -0.0982. The van der Waals surface area contributed by atoms with E-state index < -0.39 is 12.1 Å². The molecule has 3 rings (SSSR count). The zero-order chi connectivity index (χ0) is 22.2. The zero-order valence-electron chi connectivity index (χ0n) is 18.0. The van der Waals surface area contributed by atoms with E-state index in [4.69, 9.17) is 18.6 Å². The number of ether oxygens (including phenoxy) is 3. The molecule has 1 aromatic heterocycles. The molecule has 164 valence electrons. The van der Waals surface area contributed by atoms with E-state index in [0.717, 1.165) is 22.6 Å². The van der Waals surface area contributed by atoms with Gasteiger partial charge in [-0.2, -0.15) is 0 Å². The second-order valence-corrected chi connectivity index (χ2v) is 6.96. The fraction of sp³-hybridized carbons (Fsp3) is 0.333. The largest absolute Gasteiger partial charge is 0.493 e. The summed E-state index contributed by atoms with van der Waals surface area (Å²) in [4.78, 5) is 16.0. The number of rotatable bonds is 11. The number of nitrogens with zero attached hydrogens (tertiary/aromatic N) is 1.